The average molecular weight is 175 g/mol. The van der Waals surface area contributed by atoms with Crippen LogP contribution in [0.2, 0.25) is 0 Å². The van der Waals surface area contributed by atoms with Gasteiger partial charge in [0.05, 0.1) is 0 Å². The lowest BCUT2D eigenvalue weighted by Crippen LogP contribution is -2.33. The Morgan fingerprint density at radius 1 is 1.54 bits per heavy atom. The van der Waals surface area contributed by atoms with Crippen LogP contribution >= 0.6 is 0 Å². The Bertz CT molecular complexity index is 314. The topological polar surface area (TPSA) is 63.3 Å². The summed E-state index contributed by atoms with van der Waals surface area (Å²) in [6.07, 6.45) is 0.266. The molecule has 0 heterocycles. The molecule has 0 amide bonds. The van der Waals surface area contributed by atoms with Gasteiger partial charge in [0.1, 0.15) is 13.9 Å². The van der Waals surface area contributed by atoms with Crippen LogP contribution in [-0.4, -0.2) is 25.0 Å². The molecule has 0 aliphatic heterocycles. The number of aliphatic carboxylic acids is 1. The van der Waals surface area contributed by atoms with Gasteiger partial charge in [0.2, 0.25) is 0 Å². The van der Waals surface area contributed by atoms with Crippen molar-refractivity contribution in [2.75, 3.05) is 0 Å². The van der Waals surface area contributed by atoms with Crippen LogP contribution in [-0.2, 0) is 11.2 Å². The first kappa shape index (κ1) is 9.80. The van der Waals surface area contributed by atoms with Gasteiger partial charge < -0.3 is 10.8 Å². The second kappa shape index (κ2) is 4.09. The number of hydrogen-bond acceptors (Lipinski definition) is 2. The molecule has 3 N–H and O–H groups in total. The summed E-state index contributed by atoms with van der Waals surface area (Å²) in [6.45, 7) is 0. The van der Waals surface area contributed by atoms with Crippen molar-refractivity contribution in [3.63, 3.8) is 0 Å². The summed E-state index contributed by atoms with van der Waals surface area (Å²) in [5, 5.41) is 8.57. The maximum atomic E-state index is 10.4. The Kier molecular flexibility index (Phi) is 3.09. The van der Waals surface area contributed by atoms with Gasteiger partial charge in [0.25, 0.3) is 0 Å². The molecule has 0 saturated carbocycles. The van der Waals surface area contributed by atoms with Gasteiger partial charge in [0.15, 0.2) is 0 Å². The lowest BCUT2D eigenvalue weighted by Gasteiger charge is -2.08. The Balaban J connectivity index is 2.74. The average Bonchev–Trinajstić information content (AvgIpc) is 2.08. The molecule has 0 unspecified atom stereocenters. The number of nitrogens with two attached hydrogens (primary N) is 1. The third-order valence-corrected chi connectivity index (χ3v) is 1.81. The van der Waals surface area contributed by atoms with Crippen molar-refractivity contribution in [2.45, 2.75) is 12.5 Å². The highest BCUT2D eigenvalue weighted by atomic mass is 16.4. The molecular formula is C9H10BNO2. The third-order valence-electron chi connectivity index (χ3n) is 1.81. The van der Waals surface area contributed by atoms with Crippen LogP contribution in [0.1, 0.15) is 5.56 Å². The van der Waals surface area contributed by atoms with E-state index >= 15 is 0 Å². The van der Waals surface area contributed by atoms with E-state index in [-0.39, 0.29) is 6.42 Å². The van der Waals surface area contributed by atoms with E-state index < -0.39 is 12.0 Å². The quantitative estimate of drug-likeness (QED) is 0.605. The summed E-state index contributed by atoms with van der Waals surface area (Å²) >= 11 is 0. The van der Waals surface area contributed by atoms with Crippen molar-refractivity contribution < 1.29 is 9.90 Å². The van der Waals surface area contributed by atoms with Gasteiger partial charge in [0, 0.05) is 0 Å². The van der Waals surface area contributed by atoms with E-state index in [4.69, 9.17) is 18.7 Å². The number of hydrogen-bond donors (Lipinski definition) is 2. The standard InChI is InChI=1S/C9H10BNO2/c10-7-4-2-1-3-6(7)5-8(11)9(12)13/h1-4,8H,5,11H2,(H,12,13)/t8-/m1/s1. The summed E-state index contributed by atoms with van der Waals surface area (Å²) in [4.78, 5) is 10.4. The normalized spacial score (nSPS) is 12.4. The highest BCUT2D eigenvalue weighted by molar-refractivity contribution is 6.33. The lowest BCUT2D eigenvalue weighted by molar-refractivity contribution is -0.138. The van der Waals surface area contributed by atoms with Crippen molar-refractivity contribution in [1.29, 1.82) is 0 Å². The van der Waals surface area contributed by atoms with Crippen molar-refractivity contribution in [3.05, 3.63) is 29.8 Å². The molecule has 0 aliphatic rings. The molecule has 3 nitrogen and oxygen atoms in total. The van der Waals surface area contributed by atoms with Crippen molar-refractivity contribution in [2.24, 2.45) is 5.73 Å². The van der Waals surface area contributed by atoms with Gasteiger partial charge in [-0.1, -0.05) is 35.3 Å². The molecule has 66 valence electrons. The fourth-order valence-corrected chi connectivity index (χ4v) is 1.04. The fraction of sp³-hybridized carbons (Fsp3) is 0.222. The molecule has 0 saturated heterocycles. The van der Waals surface area contributed by atoms with Crippen molar-refractivity contribution in [1.82, 2.24) is 0 Å². The minimum Gasteiger partial charge on any atom is -0.480 e. The molecule has 2 radical (unpaired) electrons. The van der Waals surface area contributed by atoms with E-state index in [0.717, 1.165) is 5.56 Å². The second-order valence-corrected chi connectivity index (χ2v) is 2.85. The summed E-state index contributed by atoms with van der Waals surface area (Å²) in [6, 6.07) is 6.22. The number of carboxylic acids is 1. The Labute approximate surface area is 78.0 Å². The first-order chi connectivity index (χ1) is 6.11. The monoisotopic (exact) mass is 175 g/mol. The molecule has 1 rings (SSSR count). The predicted octanol–water partition coefficient (Wildman–Crippen LogP) is -0.565. The largest absolute Gasteiger partial charge is 0.480 e. The molecule has 0 fully saturated rings. The van der Waals surface area contributed by atoms with Gasteiger partial charge in [-0.25, -0.2) is 0 Å². The van der Waals surface area contributed by atoms with E-state index in [1.54, 1.807) is 24.3 Å². The maximum absolute atomic E-state index is 10.4. The second-order valence-electron chi connectivity index (χ2n) is 2.85. The van der Waals surface area contributed by atoms with Crippen LogP contribution in [0.5, 0.6) is 0 Å². The van der Waals surface area contributed by atoms with Crippen LogP contribution in [0.25, 0.3) is 0 Å². The van der Waals surface area contributed by atoms with Gasteiger partial charge in [-0.05, 0) is 6.42 Å². The first-order valence-corrected chi connectivity index (χ1v) is 3.93. The van der Waals surface area contributed by atoms with Crippen LogP contribution in [0.4, 0.5) is 0 Å². The van der Waals surface area contributed by atoms with Crippen molar-refractivity contribution in [3.8, 4) is 0 Å². The van der Waals surface area contributed by atoms with E-state index in [9.17, 15) is 4.79 Å². The summed E-state index contributed by atoms with van der Waals surface area (Å²) < 4.78 is 0. The summed E-state index contributed by atoms with van der Waals surface area (Å²) in [5.41, 5.74) is 6.72. The van der Waals surface area contributed by atoms with Gasteiger partial charge in [-0.3, -0.25) is 4.79 Å². The summed E-state index contributed by atoms with van der Waals surface area (Å²) in [5.74, 6) is -1.01. The van der Waals surface area contributed by atoms with Gasteiger partial charge in [-0.15, -0.1) is 0 Å². The molecule has 13 heavy (non-hydrogen) atoms. The zero-order valence-electron chi connectivity index (χ0n) is 7.10. The number of rotatable bonds is 3. The van der Waals surface area contributed by atoms with E-state index in [1.807, 2.05) is 0 Å². The SMILES string of the molecule is [B]c1ccccc1C[C@@H](N)C(=O)O. The maximum Gasteiger partial charge on any atom is 0.320 e. The van der Waals surface area contributed by atoms with E-state index in [0.29, 0.717) is 5.46 Å². The van der Waals surface area contributed by atoms with Crippen LogP contribution in [0.15, 0.2) is 24.3 Å². The number of carboxylic acid groups (broad SMARTS) is 1. The third kappa shape index (κ3) is 2.59. The highest BCUT2D eigenvalue weighted by Crippen LogP contribution is 1.98. The smallest absolute Gasteiger partial charge is 0.320 e. The molecule has 0 bridgehead atoms. The van der Waals surface area contributed by atoms with E-state index in [1.165, 1.54) is 0 Å². The molecule has 1 aromatic carbocycles. The highest BCUT2D eigenvalue weighted by Gasteiger charge is 2.12. The van der Waals surface area contributed by atoms with E-state index in [2.05, 4.69) is 0 Å². The zero-order valence-corrected chi connectivity index (χ0v) is 7.10. The molecule has 1 atom stereocenters. The van der Waals surface area contributed by atoms with Gasteiger partial charge >= 0.3 is 5.97 Å². The van der Waals surface area contributed by atoms with Crippen molar-refractivity contribution >= 4 is 19.3 Å². The number of benzene rings is 1. The number of carbonyl (C=O) groups is 1. The zero-order chi connectivity index (χ0) is 9.84. The summed E-state index contributed by atoms with van der Waals surface area (Å²) in [7, 11) is 5.62. The molecule has 4 heteroatoms. The Morgan fingerprint density at radius 3 is 2.69 bits per heavy atom. The molecular weight excluding hydrogens is 165 g/mol. The first-order valence-electron chi connectivity index (χ1n) is 3.93. The van der Waals surface area contributed by atoms with Crippen LogP contribution < -0.4 is 11.2 Å². The minimum atomic E-state index is -1.01. The minimum absolute atomic E-state index is 0.266. The molecule has 1 aromatic rings. The van der Waals surface area contributed by atoms with Crippen LogP contribution in [0.3, 0.4) is 0 Å². The van der Waals surface area contributed by atoms with Gasteiger partial charge in [-0.2, -0.15) is 0 Å². The molecule has 0 aliphatic carbocycles. The fourth-order valence-electron chi connectivity index (χ4n) is 1.04. The Morgan fingerprint density at radius 2 is 2.15 bits per heavy atom. The molecule has 0 aromatic heterocycles. The lowest BCUT2D eigenvalue weighted by atomic mass is 9.88. The predicted molar refractivity (Wildman–Crippen MR) is 51.1 cm³/mol. The Hall–Kier alpha value is -1.29. The van der Waals surface area contributed by atoms with Crippen LogP contribution in [0, 0.1) is 0 Å². The molecule has 0 spiro atoms.